The molecule has 0 aromatic rings. The molecule has 2 aliphatic heterocycles. The lowest BCUT2D eigenvalue weighted by Crippen LogP contribution is -2.34. The average Bonchev–Trinajstić information content (AvgIpc) is 2.55. The second-order valence-electron chi connectivity index (χ2n) is 3.42. The monoisotopic (exact) mass is 183 g/mol. The first-order chi connectivity index (χ1) is 6.11. The Morgan fingerprint density at radius 1 is 1.46 bits per heavy atom. The van der Waals surface area contributed by atoms with Crippen LogP contribution >= 0.6 is 0 Å². The Labute approximate surface area is 74.3 Å². The van der Waals surface area contributed by atoms with Crippen LogP contribution in [0.25, 0.3) is 0 Å². The molecule has 70 valence electrons. The van der Waals surface area contributed by atoms with Crippen molar-refractivity contribution in [3.05, 3.63) is 0 Å². The maximum atomic E-state index is 11.4. The van der Waals surface area contributed by atoms with Gasteiger partial charge >= 0.3 is 5.97 Å². The van der Waals surface area contributed by atoms with Crippen molar-refractivity contribution in [2.45, 2.75) is 25.3 Å². The highest BCUT2D eigenvalue weighted by molar-refractivity contribution is 6.07. The molecule has 0 spiro atoms. The Kier molecular flexibility index (Phi) is 1.61. The summed E-state index contributed by atoms with van der Waals surface area (Å²) in [4.78, 5) is 34.2. The van der Waals surface area contributed by atoms with Gasteiger partial charge in [0.25, 0.3) is 0 Å². The maximum absolute atomic E-state index is 11.4. The van der Waals surface area contributed by atoms with Crippen LogP contribution in [0.3, 0.4) is 0 Å². The minimum absolute atomic E-state index is 0.152. The van der Waals surface area contributed by atoms with E-state index in [9.17, 15) is 14.4 Å². The molecule has 5 heteroatoms. The van der Waals surface area contributed by atoms with Crippen molar-refractivity contribution in [3.63, 3.8) is 0 Å². The van der Waals surface area contributed by atoms with E-state index in [2.05, 4.69) is 0 Å². The number of carbonyl (C=O) groups excluding carboxylic acids is 2. The fraction of sp³-hybridized carbons (Fsp3) is 0.625. The Balaban J connectivity index is 2.24. The summed E-state index contributed by atoms with van der Waals surface area (Å²) < 4.78 is 0. The van der Waals surface area contributed by atoms with Crippen molar-refractivity contribution in [2.75, 3.05) is 0 Å². The second kappa shape index (κ2) is 2.55. The van der Waals surface area contributed by atoms with Crippen LogP contribution in [0.1, 0.15) is 19.3 Å². The van der Waals surface area contributed by atoms with Crippen molar-refractivity contribution in [1.82, 2.24) is 4.90 Å². The molecule has 0 aliphatic carbocycles. The first-order valence-electron chi connectivity index (χ1n) is 4.20. The first-order valence-corrected chi connectivity index (χ1v) is 4.20. The zero-order valence-electron chi connectivity index (χ0n) is 6.90. The highest BCUT2D eigenvalue weighted by Crippen LogP contribution is 2.33. The lowest BCUT2D eigenvalue weighted by Gasteiger charge is -2.11. The number of carboxylic acids is 1. The number of carboxylic acid groups (broad SMARTS) is 1. The largest absolute Gasteiger partial charge is 0.481 e. The van der Waals surface area contributed by atoms with Gasteiger partial charge in [-0.1, -0.05) is 0 Å². The number of fused-ring (bicyclic) bond motifs is 1. The van der Waals surface area contributed by atoms with Crippen molar-refractivity contribution >= 4 is 17.8 Å². The minimum atomic E-state index is -1.12. The van der Waals surface area contributed by atoms with Crippen LogP contribution in [-0.2, 0) is 14.4 Å². The molecule has 0 aromatic carbocycles. The van der Waals surface area contributed by atoms with Crippen LogP contribution in [0.5, 0.6) is 0 Å². The highest BCUT2D eigenvalue weighted by Gasteiger charge is 2.49. The average molecular weight is 183 g/mol. The number of carbonyl (C=O) groups is 3. The predicted octanol–water partition coefficient (Wildman–Crippen LogP) is -0.391. The lowest BCUT2D eigenvalue weighted by atomic mass is 10.0. The molecule has 2 saturated heterocycles. The van der Waals surface area contributed by atoms with Crippen LogP contribution in [0, 0.1) is 5.92 Å². The fourth-order valence-electron chi connectivity index (χ4n) is 2.02. The van der Waals surface area contributed by atoms with Crippen molar-refractivity contribution in [3.8, 4) is 0 Å². The van der Waals surface area contributed by atoms with Gasteiger partial charge in [-0.2, -0.15) is 0 Å². The second-order valence-corrected chi connectivity index (χ2v) is 3.42. The van der Waals surface area contributed by atoms with Crippen LogP contribution < -0.4 is 0 Å². The smallest absolute Gasteiger partial charge is 0.316 e. The molecule has 2 heterocycles. The molecule has 2 aliphatic rings. The number of hydrogen-bond donors (Lipinski definition) is 1. The zero-order chi connectivity index (χ0) is 9.59. The van der Waals surface area contributed by atoms with Crippen molar-refractivity contribution in [2.24, 2.45) is 5.92 Å². The van der Waals surface area contributed by atoms with E-state index < -0.39 is 17.8 Å². The van der Waals surface area contributed by atoms with Gasteiger partial charge in [-0.3, -0.25) is 19.3 Å². The van der Waals surface area contributed by atoms with Crippen LogP contribution in [0.4, 0.5) is 0 Å². The molecule has 1 N–H and O–H groups in total. The molecule has 13 heavy (non-hydrogen) atoms. The third kappa shape index (κ3) is 1.03. The van der Waals surface area contributed by atoms with E-state index in [1.807, 2.05) is 0 Å². The molecule has 2 atom stereocenters. The first kappa shape index (κ1) is 8.22. The predicted molar refractivity (Wildman–Crippen MR) is 40.6 cm³/mol. The molecule has 2 fully saturated rings. The topological polar surface area (TPSA) is 74.7 Å². The molecule has 0 radical (unpaired) electrons. The van der Waals surface area contributed by atoms with E-state index in [-0.39, 0.29) is 11.9 Å². The molecular formula is C8H9NO4. The van der Waals surface area contributed by atoms with Gasteiger partial charge in [0.1, 0.15) is 5.92 Å². The Morgan fingerprint density at radius 2 is 2.15 bits per heavy atom. The molecule has 0 aromatic heterocycles. The quantitative estimate of drug-likeness (QED) is 0.443. The number of nitrogens with zero attached hydrogens (tertiary/aromatic N) is 1. The van der Waals surface area contributed by atoms with E-state index in [1.165, 1.54) is 0 Å². The van der Waals surface area contributed by atoms with Crippen LogP contribution in [-0.4, -0.2) is 33.8 Å². The van der Waals surface area contributed by atoms with Crippen molar-refractivity contribution < 1.29 is 19.5 Å². The third-order valence-corrected chi connectivity index (χ3v) is 2.67. The van der Waals surface area contributed by atoms with Gasteiger partial charge in [0, 0.05) is 12.5 Å². The summed E-state index contributed by atoms with van der Waals surface area (Å²) in [5.74, 6) is -2.86. The van der Waals surface area contributed by atoms with Crippen LogP contribution in [0.15, 0.2) is 0 Å². The van der Waals surface area contributed by atoms with E-state index in [0.29, 0.717) is 19.3 Å². The summed E-state index contributed by atoms with van der Waals surface area (Å²) in [5.41, 5.74) is 0. The van der Waals surface area contributed by atoms with Gasteiger partial charge in [-0.15, -0.1) is 0 Å². The Hall–Kier alpha value is -1.39. The summed E-state index contributed by atoms with van der Waals surface area (Å²) >= 11 is 0. The number of hydrogen-bond acceptors (Lipinski definition) is 3. The minimum Gasteiger partial charge on any atom is -0.481 e. The SMILES string of the molecule is O=C(O)C1CC2CCC(=O)N2C1=O. The van der Waals surface area contributed by atoms with E-state index >= 15 is 0 Å². The van der Waals surface area contributed by atoms with Gasteiger partial charge in [-0.25, -0.2) is 0 Å². The molecule has 2 amide bonds. The van der Waals surface area contributed by atoms with E-state index in [1.54, 1.807) is 0 Å². The fourth-order valence-corrected chi connectivity index (χ4v) is 2.02. The molecule has 0 bridgehead atoms. The maximum Gasteiger partial charge on any atom is 0.316 e. The molecular weight excluding hydrogens is 174 g/mol. The Morgan fingerprint density at radius 3 is 2.69 bits per heavy atom. The van der Waals surface area contributed by atoms with Gasteiger partial charge < -0.3 is 5.11 Å². The third-order valence-electron chi connectivity index (χ3n) is 2.67. The number of rotatable bonds is 1. The molecule has 2 unspecified atom stereocenters. The summed E-state index contributed by atoms with van der Waals surface area (Å²) in [6, 6.07) is -0.152. The van der Waals surface area contributed by atoms with Gasteiger partial charge in [0.15, 0.2) is 0 Å². The van der Waals surface area contributed by atoms with Gasteiger partial charge in [0.05, 0.1) is 0 Å². The zero-order valence-corrected chi connectivity index (χ0v) is 6.90. The van der Waals surface area contributed by atoms with Gasteiger partial charge in [-0.05, 0) is 12.8 Å². The van der Waals surface area contributed by atoms with Crippen LogP contribution in [0.2, 0.25) is 0 Å². The van der Waals surface area contributed by atoms with Crippen molar-refractivity contribution in [1.29, 1.82) is 0 Å². The molecule has 2 rings (SSSR count). The number of aliphatic carboxylic acids is 1. The molecule has 0 saturated carbocycles. The van der Waals surface area contributed by atoms with E-state index in [0.717, 1.165) is 4.90 Å². The summed E-state index contributed by atoms with van der Waals surface area (Å²) in [6.45, 7) is 0. The number of amides is 2. The highest BCUT2D eigenvalue weighted by atomic mass is 16.4. The molecule has 5 nitrogen and oxygen atoms in total. The Bertz CT molecular complexity index is 299. The summed E-state index contributed by atoms with van der Waals surface area (Å²) in [7, 11) is 0. The van der Waals surface area contributed by atoms with E-state index in [4.69, 9.17) is 5.11 Å². The summed E-state index contributed by atoms with van der Waals surface area (Å²) in [5, 5.41) is 8.67. The lowest BCUT2D eigenvalue weighted by molar-refractivity contribution is -0.149. The standard InChI is InChI=1S/C8H9NO4/c10-6-2-1-4-3-5(8(12)13)7(11)9(4)6/h4-5H,1-3H2,(H,12,13). The normalized spacial score (nSPS) is 32.5. The number of imide groups is 1. The summed E-state index contributed by atoms with van der Waals surface area (Å²) in [6.07, 6.45) is 1.29. The van der Waals surface area contributed by atoms with Gasteiger partial charge in [0.2, 0.25) is 11.8 Å².